The summed E-state index contributed by atoms with van der Waals surface area (Å²) in [6, 6.07) is 5.39. The number of hydrogen-bond acceptors (Lipinski definition) is 4. The van der Waals surface area contributed by atoms with Crippen LogP contribution in [-0.4, -0.2) is 22.9 Å². The van der Waals surface area contributed by atoms with Crippen molar-refractivity contribution in [3.63, 3.8) is 0 Å². The van der Waals surface area contributed by atoms with E-state index in [0.29, 0.717) is 0 Å². The quantitative estimate of drug-likeness (QED) is 0.758. The van der Waals surface area contributed by atoms with Gasteiger partial charge in [0.2, 0.25) is 11.7 Å². The second kappa shape index (κ2) is 4.69. The first-order chi connectivity index (χ1) is 8.22. The molecule has 2 aromatic rings. The van der Waals surface area contributed by atoms with E-state index in [0.717, 1.165) is 6.07 Å². The van der Waals surface area contributed by atoms with Crippen molar-refractivity contribution in [2.24, 2.45) is 0 Å². The van der Waals surface area contributed by atoms with Gasteiger partial charge in [-0.2, -0.15) is 0 Å². The fourth-order valence-corrected chi connectivity index (χ4v) is 1.40. The molecular weight excluding hydrogens is 223 g/mol. The predicted octanol–water partition coefficient (Wildman–Crippen LogP) is 1.86. The van der Waals surface area contributed by atoms with Gasteiger partial charge in [0.05, 0.1) is 7.11 Å². The molecule has 1 aromatic heterocycles. The summed E-state index contributed by atoms with van der Waals surface area (Å²) in [7, 11) is 1.40. The van der Waals surface area contributed by atoms with Crippen LogP contribution < -0.4 is 4.74 Å². The number of nitrogens with zero attached hydrogens (tertiary/aromatic N) is 2. The van der Waals surface area contributed by atoms with E-state index in [1.807, 2.05) is 0 Å². The van der Waals surface area contributed by atoms with Crippen LogP contribution in [0.2, 0.25) is 0 Å². The molecule has 5 heteroatoms. The highest BCUT2D eigenvalue weighted by atomic mass is 19.1. The zero-order valence-electron chi connectivity index (χ0n) is 9.05. The Morgan fingerprint density at radius 3 is 2.76 bits per heavy atom. The maximum absolute atomic E-state index is 13.0. The lowest BCUT2D eigenvalue weighted by Gasteiger charge is -2.04. The minimum absolute atomic E-state index is 0.0700. The summed E-state index contributed by atoms with van der Waals surface area (Å²) in [4.78, 5) is 19.8. The molecule has 0 saturated carbocycles. The van der Waals surface area contributed by atoms with Gasteiger partial charge in [0.15, 0.2) is 5.69 Å². The fraction of sp³-hybridized carbons (Fsp3) is 0.0833. The number of halogens is 1. The molecule has 1 aromatic carbocycles. The summed E-state index contributed by atoms with van der Waals surface area (Å²) in [6.45, 7) is 0. The molecule has 0 saturated heterocycles. The Morgan fingerprint density at radius 2 is 2.06 bits per heavy atom. The summed E-state index contributed by atoms with van der Waals surface area (Å²) in [5.74, 6) is -0.769. The first kappa shape index (κ1) is 11.2. The lowest BCUT2D eigenvalue weighted by molar-refractivity contribution is 0.103. The molecule has 0 unspecified atom stereocenters. The van der Waals surface area contributed by atoms with Crippen molar-refractivity contribution >= 4 is 5.78 Å². The Hall–Kier alpha value is -2.30. The number of aromatic nitrogens is 2. The molecule has 0 atom stereocenters. The van der Waals surface area contributed by atoms with Gasteiger partial charge in [-0.05, 0) is 12.1 Å². The fourth-order valence-electron chi connectivity index (χ4n) is 1.40. The van der Waals surface area contributed by atoms with E-state index in [2.05, 4.69) is 9.97 Å². The summed E-state index contributed by atoms with van der Waals surface area (Å²) in [5.41, 5.74) is 0.282. The van der Waals surface area contributed by atoms with Crippen molar-refractivity contribution in [1.82, 2.24) is 9.97 Å². The Bertz CT molecular complexity index is 558. The largest absolute Gasteiger partial charge is 0.479 e. The lowest BCUT2D eigenvalue weighted by Crippen LogP contribution is -2.07. The SMILES string of the molecule is COc1nccnc1C(=O)c1cccc(F)c1. The smallest absolute Gasteiger partial charge is 0.243 e. The van der Waals surface area contributed by atoms with Gasteiger partial charge >= 0.3 is 0 Å². The topological polar surface area (TPSA) is 52.1 Å². The van der Waals surface area contributed by atoms with E-state index in [-0.39, 0.29) is 17.1 Å². The van der Waals surface area contributed by atoms with Gasteiger partial charge in [0.25, 0.3) is 0 Å². The first-order valence-electron chi connectivity index (χ1n) is 4.87. The molecule has 0 aliphatic heterocycles. The van der Waals surface area contributed by atoms with Gasteiger partial charge in [0.1, 0.15) is 5.82 Å². The highest BCUT2D eigenvalue weighted by molar-refractivity contribution is 6.08. The Labute approximate surface area is 97.1 Å². The molecular formula is C12H9FN2O2. The number of methoxy groups -OCH3 is 1. The van der Waals surface area contributed by atoms with Crippen LogP contribution in [0.15, 0.2) is 36.7 Å². The second-order valence-electron chi connectivity index (χ2n) is 3.25. The van der Waals surface area contributed by atoms with Crippen LogP contribution in [0.25, 0.3) is 0 Å². The number of carbonyl (C=O) groups is 1. The molecule has 0 amide bonds. The van der Waals surface area contributed by atoms with Gasteiger partial charge in [-0.1, -0.05) is 12.1 Å². The summed E-state index contributed by atoms with van der Waals surface area (Å²) in [5, 5.41) is 0. The third-order valence-corrected chi connectivity index (χ3v) is 2.16. The minimum atomic E-state index is -0.473. The van der Waals surface area contributed by atoms with Crippen molar-refractivity contribution < 1.29 is 13.9 Å². The molecule has 1 heterocycles. The van der Waals surface area contributed by atoms with Crippen molar-refractivity contribution in [3.05, 3.63) is 53.7 Å². The Balaban J connectivity index is 2.44. The molecule has 0 bridgehead atoms. The number of rotatable bonds is 3. The summed E-state index contributed by atoms with van der Waals surface area (Å²) < 4.78 is 17.9. The summed E-state index contributed by atoms with van der Waals surface area (Å²) in [6.07, 6.45) is 2.80. The van der Waals surface area contributed by atoms with Crippen LogP contribution in [0.3, 0.4) is 0 Å². The normalized spacial score (nSPS) is 10.0. The highest BCUT2D eigenvalue weighted by Crippen LogP contribution is 2.16. The number of benzene rings is 1. The van der Waals surface area contributed by atoms with Crippen molar-refractivity contribution in [3.8, 4) is 5.88 Å². The number of ether oxygens (including phenoxy) is 1. The van der Waals surface area contributed by atoms with Gasteiger partial charge in [0, 0.05) is 18.0 Å². The van der Waals surface area contributed by atoms with E-state index >= 15 is 0 Å². The maximum atomic E-state index is 13.0. The van der Waals surface area contributed by atoms with Gasteiger partial charge in [-0.15, -0.1) is 0 Å². The standard InChI is InChI=1S/C12H9FN2O2/c1-17-12-10(14-5-6-15-12)11(16)8-3-2-4-9(13)7-8/h2-7H,1H3. The van der Waals surface area contributed by atoms with Gasteiger partial charge in [-0.25, -0.2) is 14.4 Å². The zero-order valence-corrected chi connectivity index (χ0v) is 9.05. The molecule has 0 fully saturated rings. The van der Waals surface area contributed by atoms with E-state index in [1.165, 1.54) is 37.7 Å². The van der Waals surface area contributed by atoms with E-state index in [9.17, 15) is 9.18 Å². The molecule has 0 N–H and O–H groups in total. The number of carbonyl (C=O) groups excluding carboxylic acids is 1. The third kappa shape index (κ3) is 2.28. The van der Waals surface area contributed by atoms with Crippen molar-refractivity contribution in [1.29, 1.82) is 0 Å². The van der Waals surface area contributed by atoms with Crippen LogP contribution in [0, 0.1) is 5.82 Å². The van der Waals surface area contributed by atoms with Crippen LogP contribution in [0.4, 0.5) is 4.39 Å². The molecule has 0 aliphatic rings. The lowest BCUT2D eigenvalue weighted by atomic mass is 10.1. The average Bonchev–Trinajstić information content (AvgIpc) is 2.38. The maximum Gasteiger partial charge on any atom is 0.243 e. The number of ketones is 1. The monoisotopic (exact) mass is 232 g/mol. The molecule has 0 radical (unpaired) electrons. The Kier molecular flexibility index (Phi) is 3.09. The van der Waals surface area contributed by atoms with Gasteiger partial charge < -0.3 is 4.74 Å². The second-order valence-corrected chi connectivity index (χ2v) is 3.25. The molecule has 0 aliphatic carbocycles. The van der Waals surface area contributed by atoms with E-state index in [1.54, 1.807) is 0 Å². The molecule has 86 valence electrons. The highest BCUT2D eigenvalue weighted by Gasteiger charge is 2.17. The van der Waals surface area contributed by atoms with Crippen LogP contribution >= 0.6 is 0 Å². The number of hydrogen-bond donors (Lipinski definition) is 0. The van der Waals surface area contributed by atoms with Crippen molar-refractivity contribution in [2.75, 3.05) is 7.11 Å². The molecule has 2 rings (SSSR count). The summed E-state index contributed by atoms with van der Waals surface area (Å²) >= 11 is 0. The zero-order chi connectivity index (χ0) is 12.3. The molecule has 17 heavy (non-hydrogen) atoms. The predicted molar refractivity (Wildman–Crippen MR) is 58.4 cm³/mol. The average molecular weight is 232 g/mol. The third-order valence-electron chi connectivity index (χ3n) is 2.16. The van der Waals surface area contributed by atoms with Crippen LogP contribution in [0.1, 0.15) is 16.1 Å². The van der Waals surface area contributed by atoms with E-state index < -0.39 is 11.6 Å². The van der Waals surface area contributed by atoms with Crippen molar-refractivity contribution in [2.45, 2.75) is 0 Å². The Morgan fingerprint density at radius 1 is 1.29 bits per heavy atom. The minimum Gasteiger partial charge on any atom is -0.479 e. The first-order valence-corrected chi connectivity index (χ1v) is 4.87. The van der Waals surface area contributed by atoms with Crippen LogP contribution in [-0.2, 0) is 0 Å². The molecule has 4 nitrogen and oxygen atoms in total. The van der Waals surface area contributed by atoms with Crippen LogP contribution in [0.5, 0.6) is 5.88 Å². The molecule has 0 spiro atoms. The van der Waals surface area contributed by atoms with Gasteiger partial charge in [-0.3, -0.25) is 4.79 Å². The van der Waals surface area contributed by atoms with E-state index in [4.69, 9.17) is 4.74 Å².